The van der Waals surface area contributed by atoms with Gasteiger partial charge in [-0.05, 0) is 36.8 Å². The van der Waals surface area contributed by atoms with E-state index in [0.717, 1.165) is 22.3 Å². The van der Waals surface area contributed by atoms with Crippen LogP contribution >= 0.6 is 23.2 Å². The molecule has 2 aromatic heterocycles. The monoisotopic (exact) mass is 414 g/mol. The minimum atomic E-state index is -0.864. The number of aromatic nitrogens is 5. The maximum atomic E-state index is 11.3. The van der Waals surface area contributed by atoms with Crippen LogP contribution in [0.1, 0.15) is 35.0 Å². The molecule has 0 radical (unpaired) electrons. The molecule has 5 rings (SSSR count). The van der Waals surface area contributed by atoms with Gasteiger partial charge in [-0.1, -0.05) is 46.6 Å². The first kappa shape index (κ1) is 17.5. The molecule has 0 fully saturated rings. The largest absolute Gasteiger partial charge is 0.386 e. The molecule has 2 aromatic carbocycles. The van der Waals surface area contributed by atoms with Gasteiger partial charge in [-0.15, -0.1) is 5.10 Å². The van der Waals surface area contributed by atoms with Crippen LogP contribution in [0.2, 0.25) is 10.0 Å². The van der Waals surface area contributed by atoms with Gasteiger partial charge < -0.3 is 10.4 Å². The average Bonchev–Trinajstić information content (AvgIpc) is 3.26. The van der Waals surface area contributed by atoms with Gasteiger partial charge in [-0.3, -0.25) is 5.10 Å². The second kappa shape index (κ2) is 6.48. The Hall–Kier alpha value is -2.61. The second-order valence-corrected chi connectivity index (χ2v) is 7.70. The van der Waals surface area contributed by atoms with Gasteiger partial charge in [0.05, 0.1) is 11.6 Å². The van der Waals surface area contributed by atoms with E-state index in [0.29, 0.717) is 21.4 Å². The molecule has 0 amide bonds. The zero-order valence-electron chi connectivity index (χ0n) is 14.8. The number of halogens is 2. The number of aryl methyl sites for hydroxylation is 1. The maximum absolute atomic E-state index is 11.3. The van der Waals surface area contributed by atoms with Crippen molar-refractivity contribution in [2.45, 2.75) is 25.1 Å². The van der Waals surface area contributed by atoms with Crippen LogP contribution in [0.5, 0.6) is 0 Å². The molecule has 0 bridgehead atoms. The quantitative estimate of drug-likeness (QED) is 0.456. The predicted octanol–water partition coefficient (Wildman–Crippen LogP) is 4.21. The van der Waals surface area contributed by atoms with E-state index in [9.17, 15) is 5.11 Å². The Morgan fingerprint density at radius 3 is 2.79 bits per heavy atom. The Kier molecular flexibility index (Phi) is 4.04. The highest BCUT2D eigenvalue weighted by atomic mass is 35.5. The minimum absolute atomic E-state index is 0.389. The number of aliphatic hydroxyl groups excluding tert-OH is 1. The van der Waals surface area contributed by atoms with Crippen LogP contribution in [-0.2, 0) is 0 Å². The summed E-state index contributed by atoms with van der Waals surface area (Å²) in [6.45, 7) is 1.88. The summed E-state index contributed by atoms with van der Waals surface area (Å²) in [4.78, 5) is 0. The number of aromatic amines is 1. The number of nitrogens with zero attached hydrogens (tertiary/aromatic N) is 4. The number of nitrogens with one attached hydrogen (secondary N) is 2. The van der Waals surface area contributed by atoms with Gasteiger partial charge in [-0.2, -0.15) is 5.10 Å². The molecular formula is C19H16Cl2N6O. The first-order valence-corrected chi connectivity index (χ1v) is 9.54. The third-order valence-electron chi connectivity index (χ3n) is 5.20. The van der Waals surface area contributed by atoms with Gasteiger partial charge in [-0.25, -0.2) is 4.68 Å². The molecule has 28 heavy (non-hydrogen) atoms. The Bertz CT molecular complexity index is 1190. The molecule has 1 aliphatic heterocycles. The molecule has 0 saturated carbocycles. The van der Waals surface area contributed by atoms with Gasteiger partial charge in [0.25, 0.3) is 0 Å². The third kappa shape index (κ3) is 2.58. The Labute approximate surface area is 170 Å². The van der Waals surface area contributed by atoms with Crippen LogP contribution in [-0.4, -0.2) is 30.3 Å². The number of fused-ring (bicyclic) bond motifs is 2. The fraction of sp³-hybridized carbons (Fsp3) is 0.211. The molecule has 7 nitrogen and oxygen atoms in total. The predicted molar refractivity (Wildman–Crippen MR) is 108 cm³/mol. The second-order valence-electron chi connectivity index (χ2n) is 6.86. The van der Waals surface area contributed by atoms with Gasteiger partial charge in [0.2, 0.25) is 0 Å². The van der Waals surface area contributed by atoms with Crippen molar-refractivity contribution in [3.8, 4) is 0 Å². The summed E-state index contributed by atoms with van der Waals surface area (Å²) in [5, 5.41) is 31.6. The SMILES string of the molecule is Cc1[nH]nc2c1[C@@H](O)[C@H](n1nnc3ccccc31)[C@@H](c1ccc(Cl)cc1Cl)N2. The molecule has 142 valence electrons. The summed E-state index contributed by atoms with van der Waals surface area (Å²) in [5.41, 5.74) is 3.88. The lowest BCUT2D eigenvalue weighted by Crippen LogP contribution is -2.34. The van der Waals surface area contributed by atoms with E-state index in [1.807, 2.05) is 37.3 Å². The topological polar surface area (TPSA) is 91.6 Å². The molecule has 9 heteroatoms. The first-order valence-electron chi connectivity index (χ1n) is 8.79. The van der Waals surface area contributed by atoms with E-state index in [1.54, 1.807) is 16.8 Å². The summed E-state index contributed by atoms with van der Waals surface area (Å²) >= 11 is 12.6. The van der Waals surface area contributed by atoms with Crippen LogP contribution in [0.15, 0.2) is 42.5 Å². The van der Waals surface area contributed by atoms with E-state index in [-0.39, 0.29) is 6.04 Å². The van der Waals surface area contributed by atoms with Crippen molar-refractivity contribution < 1.29 is 5.11 Å². The molecule has 3 heterocycles. The van der Waals surface area contributed by atoms with Crippen LogP contribution in [0, 0.1) is 6.92 Å². The third-order valence-corrected chi connectivity index (χ3v) is 5.77. The van der Waals surface area contributed by atoms with Gasteiger partial charge >= 0.3 is 0 Å². The highest BCUT2D eigenvalue weighted by molar-refractivity contribution is 6.35. The number of hydrogen-bond donors (Lipinski definition) is 3. The van der Waals surface area contributed by atoms with Gasteiger partial charge in [0.1, 0.15) is 17.7 Å². The van der Waals surface area contributed by atoms with Crippen molar-refractivity contribution in [2.75, 3.05) is 5.32 Å². The smallest absolute Gasteiger partial charge is 0.154 e. The van der Waals surface area contributed by atoms with E-state index >= 15 is 0 Å². The summed E-state index contributed by atoms with van der Waals surface area (Å²) in [6.07, 6.45) is -0.864. The normalized spacial score (nSPS) is 21.5. The highest BCUT2D eigenvalue weighted by Crippen LogP contribution is 2.48. The molecular weight excluding hydrogens is 399 g/mol. The summed E-state index contributed by atoms with van der Waals surface area (Å²) < 4.78 is 1.75. The molecule has 4 aromatic rings. The zero-order chi connectivity index (χ0) is 19.4. The molecule has 0 spiro atoms. The lowest BCUT2D eigenvalue weighted by Gasteiger charge is -2.37. The number of hydrogen-bond acceptors (Lipinski definition) is 5. The Morgan fingerprint density at radius 1 is 1.14 bits per heavy atom. The van der Waals surface area contributed by atoms with E-state index in [4.69, 9.17) is 23.2 Å². The Morgan fingerprint density at radius 2 is 1.96 bits per heavy atom. The van der Waals surface area contributed by atoms with Crippen LogP contribution in [0.3, 0.4) is 0 Å². The van der Waals surface area contributed by atoms with E-state index < -0.39 is 12.1 Å². The van der Waals surface area contributed by atoms with Gasteiger partial charge in [0.15, 0.2) is 5.82 Å². The minimum Gasteiger partial charge on any atom is -0.386 e. The number of rotatable bonds is 2. The zero-order valence-corrected chi connectivity index (χ0v) is 16.3. The summed E-state index contributed by atoms with van der Waals surface area (Å²) in [7, 11) is 0. The van der Waals surface area contributed by atoms with E-state index in [1.165, 1.54) is 0 Å². The molecule has 3 atom stereocenters. The van der Waals surface area contributed by atoms with Crippen molar-refractivity contribution in [3.05, 3.63) is 69.3 Å². The number of benzene rings is 2. The highest BCUT2D eigenvalue weighted by Gasteiger charge is 2.42. The molecule has 0 unspecified atom stereocenters. The lowest BCUT2D eigenvalue weighted by atomic mass is 9.87. The van der Waals surface area contributed by atoms with Crippen LogP contribution in [0.4, 0.5) is 5.82 Å². The summed E-state index contributed by atoms with van der Waals surface area (Å²) in [6, 6.07) is 12.1. The fourth-order valence-corrected chi connectivity index (χ4v) is 4.42. The molecule has 3 N–H and O–H groups in total. The number of H-pyrrole nitrogens is 1. The van der Waals surface area contributed by atoms with Gasteiger partial charge in [0, 0.05) is 21.3 Å². The summed E-state index contributed by atoms with van der Waals surface area (Å²) in [5.74, 6) is 0.599. The lowest BCUT2D eigenvalue weighted by molar-refractivity contribution is 0.0901. The molecule has 1 aliphatic rings. The number of anilines is 1. The van der Waals surface area contributed by atoms with Crippen molar-refractivity contribution in [2.24, 2.45) is 0 Å². The first-order chi connectivity index (χ1) is 13.5. The molecule has 0 aliphatic carbocycles. The van der Waals surface area contributed by atoms with Crippen LogP contribution < -0.4 is 5.32 Å². The van der Waals surface area contributed by atoms with E-state index in [2.05, 4.69) is 25.8 Å². The standard InChI is InChI=1S/C19H16Cl2N6O/c1-9-15-18(28)17(27-14-5-3-2-4-13(14)24-26-27)16(22-19(15)25-23-9)11-7-6-10(20)8-12(11)21/h2-8,16-18,28H,1H3,(H2,22,23,25)/t16-,17-,18-/m1/s1. The Balaban J connectivity index is 1.73. The fourth-order valence-electron chi connectivity index (χ4n) is 3.89. The van der Waals surface area contributed by atoms with Crippen molar-refractivity contribution in [1.29, 1.82) is 0 Å². The average molecular weight is 415 g/mol. The van der Waals surface area contributed by atoms with Crippen LogP contribution in [0.25, 0.3) is 11.0 Å². The number of aliphatic hydroxyl groups is 1. The maximum Gasteiger partial charge on any atom is 0.154 e. The van der Waals surface area contributed by atoms with Crippen molar-refractivity contribution in [1.82, 2.24) is 25.2 Å². The van der Waals surface area contributed by atoms with Crippen molar-refractivity contribution in [3.63, 3.8) is 0 Å². The van der Waals surface area contributed by atoms with Crippen molar-refractivity contribution >= 4 is 40.1 Å². The number of para-hydroxylation sites is 1. The molecule has 0 saturated heterocycles.